The maximum Gasteiger partial charge on any atom is 0.0483 e. The fourth-order valence-electron chi connectivity index (χ4n) is 3.72. The van der Waals surface area contributed by atoms with E-state index in [4.69, 9.17) is 5.73 Å². The number of rotatable bonds is 5. The second-order valence-electron chi connectivity index (χ2n) is 6.28. The Bertz CT molecular complexity index is 585. The van der Waals surface area contributed by atoms with Crippen LogP contribution in [0.1, 0.15) is 31.7 Å². The molecule has 0 bridgehead atoms. The molecule has 2 N–H and O–H groups in total. The van der Waals surface area contributed by atoms with Crippen molar-refractivity contribution in [3.8, 4) is 0 Å². The van der Waals surface area contributed by atoms with Crippen molar-refractivity contribution in [1.29, 1.82) is 0 Å². The van der Waals surface area contributed by atoms with E-state index in [0.717, 1.165) is 25.6 Å². The minimum atomic E-state index is 0.795. The van der Waals surface area contributed by atoms with Gasteiger partial charge in [-0.15, -0.1) is 0 Å². The van der Waals surface area contributed by atoms with Crippen molar-refractivity contribution in [2.24, 2.45) is 11.7 Å². The zero-order valence-electron chi connectivity index (χ0n) is 13.1. The zero-order valence-corrected chi connectivity index (χ0v) is 13.1. The number of benzene rings is 1. The van der Waals surface area contributed by atoms with Crippen LogP contribution in [-0.2, 0) is 13.1 Å². The molecule has 1 aliphatic heterocycles. The molecular weight excluding hydrogens is 258 g/mol. The molecule has 1 aliphatic rings. The summed E-state index contributed by atoms with van der Waals surface area (Å²) in [5.41, 5.74) is 8.57. The summed E-state index contributed by atoms with van der Waals surface area (Å²) in [6.07, 6.45) is 6.19. The summed E-state index contributed by atoms with van der Waals surface area (Å²) in [6, 6.07) is 8.78. The Labute approximate surface area is 127 Å². The van der Waals surface area contributed by atoms with E-state index in [1.807, 2.05) is 0 Å². The van der Waals surface area contributed by atoms with E-state index in [1.54, 1.807) is 0 Å². The van der Waals surface area contributed by atoms with Crippen LogP contribution in [0.15, 0.2) is 30.5 Å². The summed E-state index contributed by atoms with van der Waals surface area (Å²) in [7, 11) is 0. The third kappa shape index (κ3) is 3.14. The lowest BCUT2D eigenvalue weighted by molar-refractivity contribution is 0.163. The predicted molar refractivity (Wildman–Crippen MR) is 89.3 cm³/mol. The van der Waals surface area contributed by atoms with Crippen LogP contribution >= 0.6 is 0 Å². The molecule has 1 atom stereocenters. The van der Waals surface area contributed by atoms with Gasteiger partial charge in [0, 0.05) is 36.7 Å². The quantitative estimate of drug-likeness (QED) is 0.915. The van der Waals surface area contributed by atoms with Gasteiger partial charge in [-0.2, -0.15) is 0 Å². The fourth-order valence-corrected chi connectivity index (χ4v) is 3.72. The van der Waals surface area contributed by atoms with Crippen molar-refractivity contribution in [2.45, 2.75) is 39.3 Å². The topological polar surface area (TPSA) is 34.2 Å². The van der Waals surface area contributed by atoms with Crippen molar-refractivity contribution in [1.82, 2.24) is 9.47 Å². The Morgan fingerprint density at radius 1 is 1.29 bits per heavy atom. The van der Waals surface area contributed by atoms with Crippen LogP contribution in [0.4, 0.5) is 0 Å². The highest BCUT2D eigenvalue weighted by molar-refractivity contribution is 5.83. The Hall–Kier alpha value is -1.32. The van der Waals surface area contributed by atoms with Gasteiger partial charge in [0.15, 0.2) is 0 Å². The van der Waals surface area contributed by atoms with Crippen molar-refractivity contribution in [2.75, 3.05) is 19.6 Å². The van der Waals surface area contributed by atoms with Crippen LogP contribution in [0.5, 0.6) is 0 Å². The third-order valence-corrected chi connectivity index (χ3v) is 4.78. The van der Waals surface area contributed by atoms with Gasteiger partial charge >= 0.3 is 0 Å². The molecule has 2 aromatic rings. The number of aromatic nitrogens is 1. The van der Waals surface area contributed by atoms with E-state index < -0.39 is 0 Å². The molecule has 3 nitrogen and oxygen atoms in total. The van der Waals surface area contributed by atoms with Crippen LogP contribution in [0, 0.1) is 5.92 Å². The molecule has 0 saturated carbocycles. The maximum absolute atomic E-state index is 5.73. The van der Waals surface area contributed by atoms with Crippen LogP contribution < -0.4 is 5.73 Å². The standard InChI is InChI=1S/C18H27N3/c1-2-21-14-16(17-7-3-4-8-18(17)21)13-20-11-5-6-15(12-20)9-10-19/h3-4,7-8,14-15H,2,5-6,9-13,19H2,1H3. The number of piperidine rings is 1. The molecule has 21 heavy (non-hydrogen) atoms. The van der Waals surface area contributed by atoms with Gasteiger partial charge < -0.3 is 10.3 Å². The lowest BCUT2D eigenvalue weighted by Crippen LogP contribution is -2.35. The first kappa shape index (κ1) is 14.6. The van der Waals surface area contributed by atoms with E-state index in [1.165, 1.54) is 48.8 Å². The first-order chi connectivity index (χ1) is 10.3. The normalized spacial score (nSPS) is 20.2. The van der Waals surface area contributed by atoms with Crippen LogP contribution in [-0.4, -0.2) is 29.1 Å². The summed E-state index contributed by atoms with van der Waals surface area (Å²) < 4.78 is 2.37. The minimum absolute atomic E-state index is 0.795. The highest BCUT2D eigenvalue weighted by Crippen LogP contribution is 2.25. The van der Waals surface area contributed by atoms with Crippen molar-refractivity contribution in [3.05, 3.63) is 36.0 Å². The fraction of sp³-hybridized carbons (Fsp3) is 0.556. The molecule has 1 saturated heterocycles. The first-order valence-corrected chi connectivity index (χ1v) is 8.31. The Morgan fingerprint density at radius 2 is 2.14 bits per heavy atom. The van der Waals surface area contributed by atoms with Gasteiger partial charge in [-0.05, 0) is 56.8 Å². The minimum Gasteiger partial charge on any atom is -0.347 e. The molecule has 3 rings (SSSR count). The monoisotopic (exact) mass is 285 g/mol. The molecule has 0 spiro atoms. The molecule has 3 heteroatoms. The van der Waals surface area contributed by atoms with E-state index in [2.05, 4.69) is 46.9 Å². The molecule has 2 heterocycles. The van der Waals surface area contributed by atoms with Gasteiger partial charge in [0.2, 0.25) is 0 Å². The maximum atomic E-state index is 5.73. The highest BCUT2D eigenvalue weighted by Gasteiger charge is 2.20. The van der Waals surface area contributed by atoms with Gasteiger partial charge in [0.25, 0.3) is 0 Å². The SMILES string of the molecule is CCn1cc(CN2CCCC(CCN)C2)c2ccccc21. The lowest BCUT2D eigenvalue weighted by Gasteiger charge is -2.32. The van der Waals surface area contributed by atoms with E-state index in [-0.39, 0.29) is 0 Å². The first-order valence-electron chi connectivity index (χ1n) is 8.31. The number of nitrogens with two attached hydrogens (primary N) is 1. The largest absolute Gasteiger partial charge is 0.347 e. The smallest absolute Gasteiger partial charge is 0.0483 e. The molecular formula is C18H27N3. The molecule has 0 amide bonds. The molecule has 0 aliphatic carbocycles. The van der Waals surface area contributed by atoms with Crippen molar-refractivity contribution < 1.29 is 0 Å². The van der Waals surface area contributed by atoms with E-state index in [0.29, 0.717) is 0 Å². The number of nitrogens with zero attached hydrogens (tertiary/aromatic N) is 2. The lowest BCUT2D eigenvalue weighted by atomic mass is 9.94. The molecule has 114 valence electrons. The number of hydrogen-bond acceptors (Lipinski definition) is 2. The molecule has 1 unspecified atom stereocenters. The highest BCUT2D eigenvalue weighted by atomic mass is 15.1. The molecule has 0 radical (unpaired) electrons. The summed E-state index contributed by atoms with van der Waals surface area (Å²) in [6.45, 7) is 7.60. The van der Waals surface area contributed by atoms with Gasteiger partial charge in [-0.25, -0.2) is 0 Å². The van der Waals surface area contributed by atoms with Crippen LogP contribution in [0.2, 0.25) is 0 Å². The number of fused-ring (bicyclic) bond motifs is 1. The summed E-state index contributed by atoms with van der Waals surface area (Å²) in [5, 5.41) is 1.42. The Morgan fingerprint density at radius 3 is 2.95 bits per heavy atom. The van der Waals surface area contributed by atoms with E-state index in [9.17, 15) is 0 Å². The number of hydrogen-bond donors (Lipinski definition) is 1. The molecule has 1 fully saturated rings. The molecule has 1 aromatic heterocycles. The van der Waals surface area contributed by atoms with Crippen LogP contribution in [0.25, 0.3) is 10.9 Å². The number of para-hydroxylation sites is 1. The van der Waals surface area contributed by atoms with Gasteiger partial charge in [-0.3, -0.25) is 4.90 Å². The van der Waals surface area contributed by atoms with Crippen LogP contribution in [0.3, 0.4) is 0 Å². The Kier molecular flexibility index (Phi) is 4.61. The predicted octanol–water partition coefficient (Wildman–Crippen LogP) is 3.22. The van der Waals surface area contributed by atoms with Gasteiger partial charge in [0.05, 0.1) is 0 Å². The second kappa shape index (κ2) is 6.63. The number of aryl methyl sites for hydroxylation is 1. The second-order valence-corrected chi connectivity index (χ2v) is 6.28. The van der Waals surface area contributed by atoms with Crippen molar-refractivity contribution in [3.63, 3.8) is 0 Å². The zero-order chi connectivity index (χ0) is 14.7. The summed E-state index contributed by atoms with van der Waals surface area (Å²) in [5.74, 6) is 0.795. The van der Waals surface area contributed by atoms with Gasteiger partial charge in [-0.1, -0.05) is 18.2 Å². The average Bonchev–Trinajstić information content (AvgIpc) is 2.86. The van der Waals surface area contributed by atoms with Gasteiger partial charge in [0.1, 0.15) is 0 Å². The molecule has 1 aromatic carbocycles. The Balaban J connectivity index is 1.78. The number of likely N-dealkylation sites (tertiary alicyclic amines) is 1. The third-order valence-electron chi connectivity index (χ3n) is 4.78. The van der Waals surface area contributed by atoms with E-state index >= 15 is 0 Å². The summed E-state index contributed by atoms with van der Waals surface area (Å²) in [4.78, 5) is 2.62. The van der Waals surface area contributed by atoms with Crippen molar-refractivity contribution >= 4 is 10.9 Å². The average molecular weight is 285 g/mol. The summed E-state index contributed by atoms with van der Waals surface area (Å²) >= 11 is 0.